The van der Waals surface area contributed by atoms with Gasteiger partial charge in [-0.1, -0.05) is 0 Å². The van der Waals surface area contributed by atoms with Crippen LogP contribution >= 0.6 is 7.82 Å². The molecule has 0 aliphatic carbocycles. The molecule has 12 heteroatoms. The summed E-state index contributed by atoms with van der Waals surface area (Å²) in [5.74, 6) is 0.0400. The van der Waals surface area contributed by atoms with Crippen molar-refractivity contribution in [3.05, 3.63) is 22.7 Å². The number of phosphoric acid groups is 1. The number of aliphatic hydroxyl groups is 2. The molecule has 1 saturated heterocycles. The van der Waals surface area contributed by atoms with Crippen molar-refractivity contribution in [1.82, 2.24) is 9.55 Å². The van der Waals surface area contributed by atoms with Gasteiger partial charge in [0, 0.05) is 0 Å². The monoisotopic (exact) mass is 387 g/mol. The van der Waals surface area contributed by atoms with Crippen molar-refractivity contribution in [3.8, 4) is 0 Å². The Labute approximate surface area is 125 Å². The Bertz CT molecular complexity index is 620. The quantitative estimate of drug-likeness (QED) is 0.281. The van der Waals surface area contributed by atoms with Crippen LogP contribution in [0.2, 0.25) is 4.82 Å². The third kappa shape index (κ3) is 3.91. The van der Waals surface area contributed by atoms with E-state index in [4.69, 9.17) is 15.5 Å². The molecule has 1 aromatic heterocycles. The van der Waals surface area contributed by atoms with Gasteiger partial charge >= 0.3 is 124 Å². The number of nitrogen functional groups attached to an aromatic ring is 1. The molecule has 0 unspecified atom stereocenters. The summed E-state index contributed by atoms with van der Waals surface area (Å²) in [5, 5.41) is 19.9. The minimum atomic E-state index is -4.65. The average molecular weight is 386 g/mol. The van der Waals surface area contributed by atoms with Crippen LogP contribution in [0, 0.1) is 0 Å². The second-order valence-electron chi connectivity index (χ2n) is 4.37. The zero-order valence-corrected chi connectivity index (χ0v) is 13.1. The Morgan fingerprint density at radius 2 is 2.10 bits per heavy atom. The Balaban J connectivity index is 2.16. The molecule has 21 heavy (non-hydrogen) atoms. The number of aliphatic hydroxyl groups excluding tert-OH is 2. The SMILES string of the molecule is Nc1ccn([C@@H]2[Se][C@H](COP(=O)(O)O)[C@@H](O)[C@H]2O)c(=O)n1. The van der Waals surface area contributed by atoms with Gasteiger partial charge in [0.1, 0.15) is 0 Å². The standard InChI is InChI=1S/C9H14N3O7PSe/c10-5-1-2-12(9(15)11-5)8-7(14)6(13)4(21-8)3-19-20(16,17)18/h1-2,4,6-8,13-14H,3H2,(H2,10,11,15)(H2,16,17,18)/t4-,6-,7-,8-/m1/s1. The Morgan fingerprint density at radius 1 is 1.43 bits per heavy atom. The predicted octanol–water partition coefficient (Wildman–Crippen LogP) is -2.34. The summed E-state index contributed by atoms with van der Waals surface area (Å²) < 4.78 is 16.2. The normalized spacial score (nSPS) is 29.7. The molecule has 1 fully saturated rings. The molecule has 2 rings (SSSR count). The van der Waals surface area contributed by atoms with Crippen molar-refractivity contribution >= 4 is 28.6 Å². The molecule has 6 N–H and O–H groups in total. The predicted molar refractivity (Wildman–Crippen MR) is 71.5 cm³/mol. The molecular weight excluding hydrogens is 372 g/mol. The van der Waals surface area contributed by atoms with Crippen molar-refractivity contribution in [3.63, 3.8) is 0 Å². The summed E-state index contributed by atoms with van der Waals surface area (Å²) in [4.78, 5) is 31.2. The topological polar surface area (TPSA) is 168 Å². The molecule has 1 aliphatic heterocycles. The summed E-state index contributed by atoms with van der Waals surface area (Å²) in [6.45, 7) is -0.407. The van der Waals surface area contributed by atoms with Crippen LogP contribution in [-0.4, -0.2) is 63.3 Å². The average Bonchev–Trinajstić information content (AvgIpc) is 2.64. The first-order chi connectivity index (χ1) is 9.69. The summed E-state index contributed by atoms with van der Waals surface area (Å²) in [6, 6.07) is 1.38. The number of nitrogens with zero attached hydrogens (tertiary/aromatic N) is 2. The molecule has 10 nitrogen and oxygen atoms in total. The number of phosphoric ester groups is 1. The van der Waals surface area contributed by atoms with Crippen LogP contribution in [-0.2, 0) is 9.09 Å². The molecule has 0 saturated carbocycles. The van der Waals surface area contributed by atoms with E-state index in [1.165, 1.54) is 12.3 Å². The van der Waals surface area contributed by atoms with Gasteiger partial charge in [0.25, 0.3) is 0 Å². The number of aromatic nitrogens is 2. The molecule has 1 aromatic rings. The first kappa shape index (κ1) is 16.6. The van der Waals surface area contributed by atoms with E-state index in [9.17, 15) is 19.6 Å². The molecule has 0 bridgehead atoms. The number of anilines is 1. The molecule has 0 amide bonds. The van der Waals surface area contributed by atoms with Crippen LogP contribution in [0.5, 0.6) is 0 Å². The van der Waals surface area contributed by atoms with E-state index in [2.05, 4.69) is 9.51 Å². The third-order valence-electron chi connectivity index (χ3n) is 2.87. The van der Waals surface area contributed by atoms with Crippen LogP contribution in [0.3, 0.4) is 0 Å². The van der Waals surface area contributed by atoms with E-state index in [1.54, 1.807) is 0 Å². The molecular formula is C9H14N3O7PSe. The van der Waals surface area contributed by atoms with E-state index in [0.29, 0.717) is 0 Å². The zero-order valence-electron chi connectivity index (χ0n) is 10.5. The van der Waals surface area contributed by atoms with E-state index >= 15 is 0 Å². The van der Waals surface area contributed by atoms with Gasteiger partial charge in [0.2, 0.25) is 0 Å². The van der Waals surface area contributed by atoms with E-state index in [1.807, 2.05) is 0 Å². The van der Waals surface area contributed by atoms with Crippen molar-refractivity contribution in [1.29, 1.82) is 0 Å². The molecule has 4 atom stereocenters. The Kier molecular flexibility index (Phi) is 4.86. The summed E-state index contributed by atoms with van der Waals surface area (Å²) >= 11 is -0.532. The number of rotatable bonds is 4. The van der Waals surface area contributed by atoms with Gasteiger partial charge in [0.15, 0.2) is 0 Å². The van der Waals surface area contributed by atoms with Crippen molar-refractivity contribution in [2.45, 2.75) is 22.0 Å². The van der Waals surface area contributed by atoms with Crippen LogP contribution in [0.4, 0.5) is 5.82 Å². The first-order valence-electron chi connectivity index (χ1n) is 5.75. The van der Waals surface area contributed by atoms with Crippen LogP contribution < -0.4 is 11.4 Å². The molecule has 0 aromatic carbocycles. The number of nitrogens with two attached hydrogens (primary N) is 1. The number of hydrogen-bond donors (Lipinski definition) is 5. The summed E-state index contributed by atoms with van der Waals surface area (Å²) in [5.41, 5.74) is 4.71. The van der Waals surface area contributed by atoms with Gasteiger partial charge in [-0.15, -0.1) is 0 Å². The van der Waals surface area contributed by atoms with Crippen molar-refractivity contribution in [2.75, 3.05) is 12.3 Å². The molecule has 0 spiro atoms. The summed E-state index contributed by atoms with van der Waals surface area (Å²) in [6.07, 6.45) is -1.14. The van der Waals surface area contributed by atoms with E-state index < -0.39 is 57.0 Å². The van der Waals surface area contributed by atoms with Gasteiger partial charge in [-0.2, -0.15) is 0 Å². The van der Waals surface area contributed by atoms with Crippen LogP contribution in [0.1, 0.15) is 4.94 Å². The van der Waals surface area contributed by atoms with Crippen molar-refractivity contribution in [2.24, 2.45) is 0 Å². The second kappa shape index (κ2) is 6.15. The van der Waals surface area contributed by atoms with Crippen LogP contribution in [0.15, 0.2) is 17.1 Å². The second-order valence-corrected chi connectivity index (χ2v) is 8.47. The van der Waals surface area contributed by atoms with Gasteiger partial charge in [0.05, 0.1) is 0 Å². The van der Waals surface area contributed by atoms with Gasteiger partial charge in [-0.05, 0) is 0 Å². The fourth-order valence-corrected chi connectivity index (χ4v) is 5.49. The molecule has 0 radical (unpaired) electrons. The Morgan fingerprint density at radius 3 is 2.67 bits per heavy atom. The zero-order chi connectivity index (χ0) is 15.8. The maximum atomic E-state index is 11.7. The Hall–Kier alpha value is -0.771. The number of hydrogen-bond acceptors (Lipinski definition) is 7. The van der Waals surface area contributed by atoms with Gasteiger partial charge < -0.3 is 0 Å². The summed E-state index contributed by atoms with van der Waals surface area (Å²) in [7, 11) is -4.65. The van der Waals surface area contributed by atoms with Gasteiger partial charge in [-0.25, -0.2) is 0 Å². The first-order valence-corrected chi connectivity index (χ1v) is 9.26. The molecule has 2 heterocycles. The fraction of sp³-hybridized carbons (Fsp3) is 0.556. The van der Waals surface area contributed by atoms with Crippen molar-refractivity contribution < 1.29 is 29.1 Å². The molecule has 118 valence electrons. The van der Waals surface area contributed by atoms with Crippen LogP contribution in [0.25, 0.3) is 0 Å². The fourth-order valence-electron chi connectivity index (χ4n) is 1.89. The minimum absolute atomic E-state index is 0.0400. The maximum absolute atomic E-state index is 11.7. The van der Waals surface area contributed by atoms with E-state index in [0.717, 1.165) is 4.57 Å². The van der Waals surface area contributed by atoms with E-state index in [-0.39, 0.29) is 5.82 Å². The third-order valence-corrected chi connectivity index (χ3v) is 6.61. The van der Waals surface area contributed by atoms with Gasteiger partial charge in [-0.3, -0.25) is 0 Å². The molecule has 1 aliphatic rings.